The Morgan fingerprint density at radius 1 is 1.46 bits per heavy atom. The number of hydrogen-bond acceptors (Lipinski definition) is 2. The van der Waals surface area contributed by atoms with Crippen molar-refractivity contribution in [1.29, 1.82) is 0 Å². The van der Waals surface area contributed by atoms with Gasteiger partial charge in [0.25, 0.3) is 0 Å². The molecule has 0 amide bonds. The van der Waals surface area contributed by atoms with E-state index in [1.54, 1.807) is 0 Å². The third-order valence-corrected chi connectivity index (χ3v) is 3.60. The van der Waals surface area contributed by atoms with Crippen LogP contribution in [0.25, 0.3) is 0 Å². The Kier molecular flexibility index (Phi) is 2.70. The second kappa shape index (κ2) is 3.81. The summed E-state index contributed by atoms with van der Waals surface area (Å²) in [6.07, 6.45) is 2.88. The van der Waals surface area contributed by atoms with Gasteiger partial charge in [0.05, 0.1) is 0 Å². The van der Waals surface area contributed by atoms with Gasteiger partial charge in [-0.25, -0.2) is 0 Å². The lowest BCUT2D eigenvalue weighted by Gasteiger charge is -2.01. The molecule has 0 spiro atoms. The third kappa shape index (κ3) is 2.55. The summed E-state index contributed by atoms with van der Waals surface area (Å²) in [6.45, 7) is 6.68. The molecule has 1 aromatic heterocycles. The summed E-state index contributed by atoms with van der Waals surface area (Å²) in [7, 11) is 0. The van der Waals surface area contributed by atoms with Gasteiger partial charge in [-0.05, 0) is 50.8 Å². The average Bonchev–Trinajstić information content (AvgIpc) is 2.81. The van der Waals surface area contributed by atoms with Crippen molar-refractivity contribution in [2.45, 2.75) is 33.2 Å². The summed E-state index contributed by atoms with van der Waals surface area (Å²) in [5, 5.41) is 3.52. The van der Waals surface area contributed by atoms with Crippen molar-refractivity contribution in [2.24, 2.45) is 5.92 Å². The number of thiophene rings is 1. The van der Waals surface area contributed by atoms with E-state index >= 15 is 0 Å². The number of aryl methyl sites for hydroxylation is 2. The maximum absolute atomic E-state index is 3.52. The highest BCUT2D eigenvalue weighted by Crippen LogP contribution is 2.28. The first kappa shape index (κ1) is 9.22. The molecule has 72 valence electrons. The van der Waals surface area contributed by atoms with Crippen LogP contribution in [0.15, 0.2) is 6.07 Å². The summed E-state index contributed by atoms with van der Waals surface area (Å²) in [4.78, 5) is 2.90. The van der Waals surface area contributed by atoms with Crippen LogP contribution < -0.4 is 5.32 Å². The zero-order valence-electron chi connectivity index (χ0n) is 8.39. The molecule has 0 atom stereocenters. The number of nitrogens with one attached hydrogen (secondary N) is 1. The molecule has 1 N–H and O–H groups in total. The fraction of sp³-hybridized carbons (Fsp3) is 0.636. The van der Waals surface area contributed by atoms with E-state index in [1.807, 2.05) is 11.3 Å². The first-order valence-corrected chi connectivity index (χ1v) is 5.84. The molecule has 0 bridgehead atoms. The summed E-state index contributed by atoms with van der Waals surface area (Å²) in [6, 6.07) is 2.31. The fourth-order valence-electron chi connectivity index (χ4n) is 1.59. The predicted octanol–water partition coefficient (Wildman–Crippen LogP) is 2.86. The van der Waals surface area contributed by atoms with E-state index in [0.717, 1.165) is 12.5 Å². The van der Waals surface area contributed by atoms with Crippen LogP contribution >= 0.6 is 11.3 Å². The Balaban J connectivity index is 1.81. The molecule has 2 heteroatoms. The van der Waals surface area contributed by atoms with Gasteiger partial charge in [0.15, 0.2) is 0 Å². The van der Waals surface area contributed by atoms with Crippen LogP contribution in [0.2, 0.25) is 0 Å². The van der Waals surface area contributed by atoms with Crippen LogP contribution in [0.3, 0.4) is 0 Å². The van der Waals surface area contributed by atoms with E-state index in [-0.39, 0.29) is 0 Å². The van der Waals surface area contributed by atoms with Gasteiger partial charge in [0, 0.05) is 16.3 Å². The molecule has 0 radical (unpaired) electrons. The molecule has 1 heterocycles. The summed E-state index contributed by atoms with van der Waals surface area (Å²) in [5.41, 5.74) is 1.49. The largest absolute Gasteiger partial charge is 0.312 e. The van der Waals surface area contributed by atoms with Gasteiger partial charge in [-0.15, -0.1) is 11.3 Å². The second-order valence-corrected chi connectivity index (χ2v) is 5.47. The average molecular weight is 195 g/mol. The van der Waals surface area contributed by atoms with E-state index < -0.39 is 0 Å². The Bertz CT molecular complexity index is 286. The first-order valence-electron chi connectivity index (χ1n) is 5.02. The first-order chi connectivity index (χ1) is 6.25. The molecular weight excluding hydrogens is 178 g/mol. The second-order valence-electron chi connectivity index (χ2n) is 4.01. The monoisotopic (exact) mass is 195 g/mol. The third-order valence-electron chi connectivity index (χ3n) is 2.59. The minimum atomic E-state index is 0.986. The zero-order valence-corrected chi connectivity index (χ0v) is 9.21. The van der Waals surface area contributed by atoms with Crippen LogP contribution in [-0.2, 0) is 6.54 Å². The zero-order chi connectivity index (χ0) is 9.26. The summed E-state index contributed by atoms with van der Waals surface area (Å²) in [5.74, 6) is 0.986. The highest BCUT2D eigenvalue weighted by molar-refractivity contribution is 7.12. The van der Waals surface area contributed by atoms with Crippen LogP contribution in [0.1, 0.15) is 28.2 Å². The lowest BCUT2D eigenvalue weighted by atomic mass is 10.2. The Morgan fingerprint density at radius 3 is 2.77 bits per heavy atom. The van der Waals surface area contributed by atoms with Gasteiger partial charge in [-0.3, -0.25) is 0 Å². The minimum Gasteiger partial charge on any atom is -0.312 e. The van der Waals surface area contributed by atoms with Crippen LogP contribution in [0.5, 0.6) is 0 Å². The van der Waals surface area contributed by atoms with E-state index in [2.05, 4.69) is 25.2 Å². The lowest BCUT2D eigenvalue weighted by molar-refractivity contribution is 0.638. The van der Waals surface area contributed by atoms with Gasteiger partial charge in [0.1, 0.15) is 0 Å². The van der Waals surface area contributed by atoms with Crippen molar-refractivity contribution in [2.75, 3.05) is 6.54 Å². The Morgan fingerprint density at radius 2 is 2.23 bits per heavy atom. The van der Waals surface area contributed by atoms with Crippen LogP contribution in [-0.4, -0.2) is 6.54 Å². The molecule has 2 rings (SSSR count). The van der Waals surface area contributed by atoms with Gasteiger partial charge in [-0.1, -0.05) is 0 Å². The minimum absolute atomic E-state index is 0.986. The van der Waals surface area contributed by atoms with Crippen LogP contribution in [0.4, 0.5) is 0 Å². The van der Waals surface area contributed by atoms with Gasteiger partial charge in [0.2, 0.25) is 0 Å². The molecule has 0 aromatic carbocycles. The SMILES string of the molecule is Cc1cc(CNCC2CC2)c(C)s1. The van der Waals surface area contributed by atoms with Crippen molar-refractivity contribution >= 4 is 11.3 Å². The molecule has 1 aromatic rings. The van der Waals surface area contributed by atoms with Crippen molar-refractivity contribution in [3.8, 4) is 0 Å². The lowest BCUT2D eigenvalue weighted by Crippen LogP contribution is -2.16. The summed E-state index contributed by atoms with van der Waals surface area (Å²) < 4.78 is 0. The van der Waals surface area contributed by atoms with E-state index in [4.69, 9.17) is 0 Å². The summed E-state index contributed by atoms with van der Waals surface area (Å²) >= 11 is 1.90. The molecule has 1 aliphatic carbocycles. The molecule has 0 saturated heterocycles. The topological polar surface area (TPSA) is 12.0 Å². The van der Waals surface area contributed by atoms with Gasteiger partial charge >= 0.3 is 0 Å². The molecule has 1 fully saturated rings. The maximum Gasteiger partial charge on any atom is 0.0216 e. The van der Waals surface area contributed by atoms with Gasteiger partial charge < -0.3 is 5.32 Å². The standard InChI is InChI=1S/C11H17NS/c1-8-5-11(9(2)13-8)7-12-6-10-3-4-10/h5,10,12H,3-4,6-7H2,1-2H3. The molecule has 1 aliphatic rings. The molecule has 1 saturated carbocycles. The molecule has 0 aliphatic heterocycles. The van der Waals surface area contributed by atoms with E-state index in [1.165, 1.54) is 34.7 Å². The molecule has 0 unspecified atom stereocenters. The Labute approximate surface area is 84.2 Å². The fourth-order valence-corrected chi connectivity index (χ4v) is 2.54. The van der Waals surface area contributed by atoms with E-state index in [9.17, 15) is 0 Å². The van der Waals surface area contributed by atoms with Crippen molar-refractivity contribution in [3.63, 3.8) is 0 Å². The molecular formula is C11H17NS. The smallest absolute Gasteiger partial charge is 0.0216 e. The maximum atomic E-state index is 3.52. The van der Waals surface area contributed by atoms with Crippen molar-refractivity contribution in [3.05, 3.63) is 21.4 Å². The van der Waals surface area contributed by atoms with Crippen LogP contribution in [0, 0.1) is 19.8 Å². The Hall–Kier alpha value is -0.340. The van der Waals surface area contributed by atoms with E-state index in [0.29, 0.717) is 0 Å². The predicted molar refractivity (Wildman–Crippen MR) is 58.2 cm³/mol. The highest BCUT2D eigenvalue weighted by Gasteiger charge is 2.20. The normalized spacial score (nSPS) is 16.5. The quantitative estimate of drug-likeness (QED) is 0.779. The molecule has 1 nitrogen and oxygen atoms in total. The van der Waals surface area contributed by atoms with Gasteiger partial charge in [-0.2, -0.15) is 0 Å². The molecule has 13 heavy (non-hydrogen) atoms. The number of hydrogen-bond donors (Lipinski definition) is 1. The van der Waals surface area contributed by atoms with Crippen molar-refractivity contribution < 1.29 is 0 Å². The number of rotatable bonds is 4. The highest BCUT2D eigenvalue weighted by atomic mass is 32.1. The van der Waals surface area contributed by atoms with Crippen molar-refractivity contribution in [1.82, 2.24) is 5.32 Å².